The minimum atomic E-state index is 0.696. The average Bonchev–Trinajstić information content (AvgIpc) is 3.02. The van der Waals surface area contributed by atoms with Crippen LogP contribution in [0.25, 0.3) is 11.0 Å². The van der Waals surface area contributed by atoms with Gasteiger partial charge in [-0.2, -0.15) is 0 Å². The number of rotatable bonds is 3. The molecule has 2 aromatic carbocycles. The van der Waals surface area contributed by atoms with Gasteiger partial charge < -0.3 is 4.57 Å². The highest BCUT2D eigenvalue weighted by molar-refractivity contribution is 9.10. The van der Waals surface area contributed by atoms with E-state index in [0.717, 1.165) is 26.2 Å². The van der Waals surface area contributed by atoms with Gasteiger partial charge in [0.05, 0.1) is 17.6 Å². The summed E-state index contributed by atoms with van der Waals surface area (Å²) in [7, 11) is 0. The van der Waals surface area contributed by atoms with E-state index in [1.165, 1.54) is 63.7 Å². The zero-order valence-corrected chi connectivity index (χ0v) is 17.5. The van der Waals surface area contributed by atoms with E-state index in [9.17, 15) is 0 Å². The van der Waals surface area contributed by atoms with Crippen LogP contribution in [0.4, 0.5) is 0 Å². The van der Waals surface area contributed by atoms with Gasteiger partial charge in [-0.15, -0.1) is 0 Å². The van der Waals surface area contributed by atoms with Crippen molar-refractivity contribution in [2.45, 2.75) is 51.6 Å². The molecule has 0 radical (unpaired) electrons. The third-order valence-corrected chi connectivity index (χ3v) is 6.79. The third-order valence-electron chi connectivity index (χ3n) is 6.27. The van der Waals surface area contributed by atoms with Gasteiger partial charge >= 0.3 is 0 Å². The lowest BCUT2D eigenvalue weighted by Gasteiger charge is -2.32. The van der Waals surface area contributed by atoms with E-state index in [1.807, 2.05) is 0 Å². The van der Waals surface area contributed by atoms with Crippen molar-refractivity contribution in [3.05, 3.63) is 63.4 Å². The summed E-state index contributed by atoms with van der Waals surface area (Å²) in [5.41, 5.74) is 6.91. The van der Waals surface area contributed by atoms with E-state index in [-0.39, 0.29) is 0 Å². The quantitative estimate of drug-likeness (QED) is 0.559. The molecule has 0 spiro atoms. The highest BCUT2D eigenvalue weighted by atomic mass is 79.9. The molecule has 3 nitrogen and oxygen atoms in total. The van der Waals surface area contributed by atoms with Gasteiger partial charge in [0, 0.05) is 11.0 Å². The molecule has 1 aromatic heterocycles. The fraction of sp³-hybridized carbons (Fsp3) is 0.435. The molecular weight excluding hydrogens is 398 g/mol. The van der Waals surface area contributed by atoms with Crippen LogP contribution in [0.5, 0.6) is 0 Å². The van der Waals surface area contributed by atoms with Crippen molar-refractivity contribution < 1.29 is 0 Å². The molecule has 0 saturated carbocycles. The molecule has 0 atom stereocenters. The fourth-order valence-electron chi connectivity index (χ4n) is 4.90. The van der Waals surface area contributed by atoms with Crippen molar-refractivity contribution in [2.75, 3.05) is 13.1 Å². The highest BCUT2D eigenvalue weighted by Crippen LogP contribution is 2.31. The number of piperidine rings is 1. The molecule has 3 heterocycles. The fourth-order valence-corrected chi connectivity index (χ4v) is 5.16. The number of imidazole rings is 1. The van der Waals surface area contributed by atoms with Crippen molar-refractivity contribution in [1.29, 1.82) is 0 Å². The summed E-state index contributed by atoms with van der Waals surface area (Å²) < 4.78 is 3.66. The maximum Gasteiger partial charge on any atom is 0.124 e. The standard InChI is InChI=1S/C23H26BrN3/c1-16-13-19-3-2-10-27-22(25-21(14-16)23(19)27)15-26-11-8-18(9-12-26)17-4-6-20(24)7-5-17/h4-7,13-14,18H,2-3,8-12,15H2,1H3. The van der Waals surface area contributed by atoms with E-state index in [2.05, 4.69) is 68.7 Å². The van der Waals surface area contributed by atoms with Crippen LogP contribution in [0.1, 0.15) is 47.7 Å². The Morgan fingerprint density at radius 2 is 1.85 bits per heavy atom. The molecule has 0 N–H and O–H groups in total. The van der Waals surface area contributed by atoms with E-state index >= 15 is 0 Å². The van der Waals surface area contributed by atoms with Crippen LogP contribution in [0.3, 0.4) is 0 Å². The summed E-state index contributed by atoms with van der Waals surface area (Å²) in [6, 6.07) is 13.5. The monoisotopic (exact) mass is 423 g/mol. The molecule has 0 amide bonds. The molecule has 5 rings (SSSR count). The molecule has 140 valence electrons. The van der Waals surface area contributed by atoms with E-state index in [1.54, 1.807) is 0 Å². The number of hydrogen-bond acceptors (Lipinski definition) is 2. The van der Waals surface area contributed by atoms with Crippen molar-refractivity contribution >= 4 is 27.0 Å². The molecule has 4 heteroatoms. The number of aromatic nitrogens is 2. The van der Waals surface area contributed by atoms with Crippen LogP contribution >= 0.6 is 15.9 Å². The Hall–Kier alpha value is -1.65. The molecule has 27 heavy (non-hydrogen) atoms. The van der Waals surface area contributed by atoms with Crippen molar-refractivity contribution in [1.82, 2.24) is 14.5 Å². The van der Waals surface area contributed by atoms with Gasteiger partial charge in [0.15, 0.2) is 0 Å². The number of halogens is 1. The van der Waals surface area contributed by atoms with Crippen LogP contribution in [0.2, 0.25) is 0 Å². The van der Waals surface area contributed by atoms with Gasteiger partial charge in [-0.05, 0) is 86.5 Å². The lowest BCUT2D eigenvalue weighted by Crippen LogP contribution is -2.33. The molecule has 0 aliphatic carbocycles. The Morgan fingerprint density at radius 1 is 1.07 bits per heavy atom. The molecular formula is C23H26BrN3. The van der Waals surface area contributed by atoms with Gasteiger partial charge in [0.1, 0.15) is 5.82 Å². The number of benzene rings is 2. The Balaban J connectivity index is 1.32. The van der Waals surface area contributed by atoms with Crippen LogP contribution < -0.4 is 0 Å². The number of likely N-dealkylation sites (tertiary alicyclic amines) is 1. The largest absolute Gasteiger partial charge is 0.327 e. The van der Waals surface area contributed by atoms with E-state index in [0.29, 0.717) is 5.92 Å². The molecule has 3 aromatic rings. The third kappa shape index (κ3) is 3.34. The summed E-state index contributed by atoms with van der Waals surface area (Å²) in [6.07, 6.45) is 4.92. The summed E-state index contributed by atoms with van der Waals surface area (Å²) in [5, 5.41) is 0. The van der Waals surface area contributed by atoms with Crippen LogP contribution in [-0.4, -0.2) is 27.5 Å². The number of hydrogen-bond donors (Lipinski definition) is 0. The van der Waals surface area contributed by atoms with Crippen LogP contribution in [0.15, 0.2) is 40.9 Å². The Morgan fingerprint density at radius 3 is 2.63 bits per heavy atom. The minimum absolute atomic E-state index is 0.696. The molecule has 0 unspecified atom stereocenters. The highest BCUT2D eigenvalue weighted by Gasteiger charge is 2.24. The summed E-state index contributed by atoms with van der Waals surface area (Å²) >= 11 is 3.54. The number of aryl methyl sites for hydroxylation is 3. The second kappa shape index (κ2) is 7.06. The summed E-state index contributed by atoms with van der Waals surface area (Å²) in [5.74, 6) is 1.96. The topological polar surface area (TPSA) is 21.1 Å². The Bertz CT molecular complexity index is 965. The first-order chi connectivity index (χ1) is 13.2. The summed E-state index contributed by atoms with van der Waals surface area (Å²) in [6.45, 7) is 6.62. The van der Waals surface area contributed by atoms with Crippen molar-refractivity contribution in [2.24, 2.45) is 0 Å². The summed E-state index contributed by atoms with van der Waals surface area (Å²) in [4.78, 5) is 7.64. The predicted octanol–water partition coefficient (Wildman–Crippen LogP) is 5.43. The second-order valence-electron chi connectivity index (χ2n) is 8.18. The van der Waals surface area contributed by atoms with Gasteiger partial charge in [-0.1, -0.05) is 34.1 Å². The minimum Gasteiger partial charge on any atom is -0.327 e. The zero-order valence-electron chi connectivity index (χ0n) is 15.9. The van der Waals surface area contributed by atoms with Gasteiger partial charge in [0.2, 0.25) is 0 Å². The predicted molar refractivity (Wildman–Crippen MR) is 114 cm³/mol. The van der Waals surface area contributed by atoms with Crippen molar-refractivity contribution in [3.63, 3.8) is 0 Å². The maximum absolute atomic E-state index is 5.04. The van der Waals surface area contributed by atoms with Gasteiger partial charge in [0.25, 0.3) is 0 Å². The van der Waals surface area contributed by atoms with Gasteiger partial charge in [-0.25, -0.2) is 4.98 Å². The first-order valence-electron chi connectivity index (χ1n) is 10.1. The van der Waals surface area contributed by atoms with E-state index in [4.69, 9.17) is 4.98 Å². The number of nitrogens with zero attached hydrogens (tertiary/aromatic N) is 3. The molecule has 1 fully saturated rings. The first kappa shape index (κ1) is 17.4. The Labute approximate surface area is 169 Å². The smallest absolute Gasteiger partial charge is 0.124 e. The lowest BCUT2D eigenvalue weighted by atomic mass is 9.89. The molecule has 0 bridgehead atoms. The average molecular weight is 424 g/mol. The van der Waals surface area contributed by atoms with Crippen molar-refractivity contribution in [3.8, 4) is 0 Å². The molecule has 1 saturated heterocycles. The first-order valence-corrected chi connectivity index (χ1v) is 10.9. The Kier molecular flexibility index (Phi) is 4.57. The van der Waals surface area contributed by atoms with Crippen LogP contribution in [0, 0.1) is 6.92 Å². The lowest BCUT2D eigenvalue weighted by molar-refractivity contribution is 0.198. The van der Waals surface area contributed by atoms with Crippen LogP contribution in [-0.2, 0) is 19.5 Å². The molecule has 2 aliphatic rings. The SMILES string of the molecule is Cc1cc2c3c(c1)nc(CN1CCC(c4ccc(Br)cc4)CC1)n3CCC2. The van der Waals surface area contributed by atoms with E-state index < -0.39 is 0 Å². The van der Waals surface area contributed by atoms with Gasteiger partial charge in [-0.3, -0.25) is 4.90 Å². The molecule has 2 aliphatic heterocycles. The maximum atomic E-state index is 5.04. The normalized spacial score (nSPS) is 18.3. The second-order valence-corrected chi connectivity index (χ2v) is 9.09. The zero-order chi connectivity index (χ0) is 18.4.